The molecule has 3 N–H and O–H groups in total. The SMILES string of the molecule is Cc1ccccc1S(=O)(=O)N1CCCC1C(=N)N. The summed E-state index contributed by atoms with van der Waals surface area (Å²) in [7, 11) is -3.55. The number of nitrogens with zero attached hydrogens (tertiary/aromatic N) is 1. The molecule has 0 aromatic heterocycles. The van der Waals surface area contributed by atoms with Crippen LogP contribution >= 0.6 is 0 Å². The predicted octanol–water partition coefficient (Wildman–Crippen LogP) is 1.08. The zero-order valence-corrected chi connectivity index (χ0v) is 11.1. The first-order chi connectivity index (χ1) is 8.44. The van der Waals surface area contributed by atoms with Gasteiger partial charge in [-0.15, -0.1) is 0 Å². The summed E-state index contributed by atoms with van der Waals surface area (Å²) in [6, 6.07) is 6.39. The van der Waals surface area contributed by atoms with Crippen molar-refractivity contribution in [1.29, 1.82) is 5.41 Å². The third-order valence-corrected chi connectivity index (χ3v) is 5.31. The quantitative estimate of drug-likeness (QED) is 0.634. The fourth-order valence-electron chi connectivity index (χ4n) is 2.31. The molecule has 18 heavy (non-hydrogen) atoms. The van der Waals surface area contributed by atoms with Crippen molar-refractivity contribution in [2.45, 2.75) is 30.7 Å². The van der Waals surface area contributed by atoms with Crippen molar-refractivity contribution in [2.24, 2.45) is 5.73 Å². The van der Waals surface area contributed by atoms with Gasteiger partial charge in [0.2, 0.25) is 10.0 Å². The van der Waals surface area contributed by atoms with Gasteiger partial charge in [-0.3, -0.25) is 5.41 Å². The normalized spacial score (nSPS) is 21.1. The number of hydrogen-bond donors (Lipinski definition) is 2. The molecule has 1 aliphatic rings. The maximum atomic E-state index is 12.5. The molecular weight excluding hydrogens is 250 g/mol. The van der Waals surface area contributed by atoms with Gasteiger partial charge in [0, 0.05) is 6.54 Å². The van der Waals surface area contributed by atoms with E-state index in [1.54, 1.807) is 31.2 Å². The highest BCUT2D eigenvalue weighted by atomic mass is 32.2. The van der Waals surface area contributed by atoms with Gasteiger partial charge in [-0.25, -0.2) is 8.42 Å². The Morgan fingerprint density at radius 2 is 2.11 bits per heavy atom. The molecule has 1 saturated heterocycles. The summed E-state index contributed by atoms with van der Waals surface area (Å²) in [5.74, 6) is -0.0790. The minimum atomic E-state index is -3.55. The van der Waals surface area contributed by atoms with E-state index in [2.05, 4.69) is 0 Å². The van der Waals surface area contributed by atoms with Crippen molar-refractivity contribution >= 4 is 15.9 Å². The molecule has 1 heterocycles. The Hall–Kier alpha value is -1.40. The van der Waals surface area contributed by atoms with Gasteiger partial charge in [-0.2, -0.15) is 4.31 Å². The van der Waals surface area contributed by atoms with Crippen LogP contribution in [0, 0.1) is 12.3 Å². The molecule has 1 fully saturated rings. The molecule has 0 bridgehead atoms. The highest BCUT2D eigenvalue weighted by Crippen LogP contribution is 2.27. The lowest BCUT2D eigenvalue weighted by atomic mass is 10.2. The number of hydrogen-bond acceptors (Lipinski definition) is 3. The van der Waals surface area contributed by atoms with Crippen molar-refractivity contribution in [1.82, 2.24) is 4.31 Å². The lowest BCUT2D eigenvalue weighted by molar-refractivity contribution is 0.443. The molecule has 0 spiro atoms. The molecule has 0 aliphatic carbocycles. The molecular formula is C12H17N3O2S. The van der Waals surface area contributed by atoms with Gasteiger partial charge in [0.05, 0.1) is 10.9 Å². The van der Waals surface area contributed by atoms with Crippen LogP contribution in [0.3, 0.4) is 0 Å². The molecule has 1 unspecified atom stereocenters. The van der Waals surface area contributed by atoms with Gasteiger partial charge in [0.15, 0.2) is 0 Å². The lowest BCUT2D eigenvalue weighted by Gasteiger charge is -2.23. The monoisotopic (exact) mass is 267 g/mol. The molecule has 0 saturated carbocycles. The second-order valence-electron chi connectivity index (χ2n) is 4.49. The summed E-state index contributed by atoms with van der Waals surface area (Å²) in [5.41, 5.74) is 6.19. The highest BCUT2D eigenvalue weighted by molar-refractivity contribution is 7.89. The first-order valence-electron chi connectivity index (χ1n) is 5.86. The maximum absolute atomic E-state index is 12.5. The zero-order valence-electron chi connectivity index (χ0n) is 10.3. The number of nitrogens with one attached hydrogen (secondary N) is 1. The summed E-state index contributed by atoms with van der Waals surface area (Å²) in [6.45, 7) is 2.20. The molecule has 1 atom stereocenters. The standard InChI is InChI=1S/C12H17N3O2S/c1-9-5-2-3-7-11(9)18(16,17)15-8-4-6-10(15)12(13)14/h2-3,5,7,10H,4,6,8H2,1H3,(H3,13,14). The van der Waals surface area contributed by atoms with Gasteiger partial charge in [0.1, 0.15) is 5.84 Å². The molecule has 0 amide bonds. The van der Waals surface area contributed by atoms with Crippen LogP contribution in [-0.4, -0.2) is 31.1 Å². The van der Waals surface area contributed by atoms with Crippen LogP contribution in [0.4, 0.5) is 0 Å². The summed E-state index contributed by atoms with van der Waals surface area (Å²) >= 11 is 0. The number of amidine groups is 1. The maximum Gasteiger partial charge on any atom is 0.243 e. The van der Waals surface area contributed by atoms with Crippen LogP contribution in [-0.2, 0) is 10.0 Å². The summed E-state index contributed by atoms with van der Waals surface area (Å²) in [6.07, 6.45) is 1.37. The second-order valence-corrected chi connectivity index (χ2v) is 6.35. The predicted molar refractivity (Wildman–Crippen MR) is 70.0 cm³/mol. The van der Waals surface area contributed by atoms with Crippen LogP contribution in [0.25, 0.3) is 0 Å². The largest absolute Gasteiger partial charge is 0.386 e. The average molecular weight is 267 g/mol. The van der Waals surface area contributed by atoms with E-state index < -0.39 is 16.1 Å². The van der Waals surface area contributed by atoms with E-state index >= 15 is 0 Å². The van der Waals surface area contributed by atoms with E-state index in [-0.39, 0.29) is 5.84 Å². The van der Waals surface area contributed by atoms with Crippen LogP contribution in [0.5, 0.6) is 0 Å². The highest BCUT2D eigenvalue weighted by Gasteiger charge is 2.37. The molecule has 1 aliphatic heterocycles. The van der Waals surface area contributed by atoms with E-state index in [0.717, 1.165) is 6.42 Å². The van der Waals surface area contributed by atoms with E-state index in [1.807, 2.05) is 0 Å². The molecule has 1 aromatic rings. The fraction of sp³-hybridized carbons (Fsp3) is 0.417. The first-order valence-corrected chi connectivity index (χ1v) is 7.30. The topological polar surface area (TPSA) is 87.2 Å². The molecule has 0 radical (unpaired) electrons. The number of rotatable bonds is 3. The summed E-state index contributed by atoms with van der Waals surface area (Å²) in [5, 5.41) is 7.49. The summed E-state index contributed by atoms with van der Waals surface area (Å²) in [4.78, 5) is 0.304. The smallest absolute Gasteiger partial charge is 0.243 e. The van der Waals surface area contributed by atoms with E-state index in [9.17, 15) is 8.42 Å². The van der Waals surface area contributed by atoms with Crippen molar-refractivity contribution in [3.63, 3.8) is 0 Å². The van der Waals surface area contributed by atoms with Gasteiger partial charge < -0.3 is 5.73 Å². The Morgan fingerprint density at radius 1 is 1.44 bits per heavy atom. The molecule has 2 rings (SSSR count). The zero-order chi connectivity index (χ0) is 13.3. The van der Waals surface area contributed by atoms with Gasteiger partial charge in [0.25, 0.3) is 0 Å². The third kappa shape index (κ3) is 2.13. The van der Waals surface area contributed by atoms with E-state index in [4.69, 9.17) is 11.1 Å². The van der Waals surface area contributed by atoms with Crippen LogP contribution in [0.2, 0.25) is 0 Å². The number of aryl methyl sites for hydroxylation is 1. The van der Waals surface area contributed by atoms with Crippen molar-refractivity contribution in [2.75, 3.05) is 6.54 Å². The van der Waals surface area contributed by atoms with E-state index in [0.29, 0.717) is 23.4 Å². The molecule has 98 valence electrons. The Labute approximate surface area is 107 Å². The van der Waals surface area contributed by atoms with Crippen LogP contribution in [0.15, 0.2) is 29.2 Å². The van der Waals surface area contributed by atoms with Gasteiger partial charge >= 0.3 is 0 Å². The molecule has 6 heteroatoms. The third-order valence-electron chi connectivity index (χ3n) is 3.24. The minimum Gasteiger partial charge on any atom is -0.386 e. The van der Waals surface area contributed by atoms with Gasteiger partial charge in [-0.1, -0.05) is 18.2 Å². The Kier molecular flexibility index (Phi) is 3.41. The van der Waals surface area contributed by atoms with Gasteiger partial charge in [-0.05, 0) is 31.4 Å². The van der Waals surface area contributed by atoms with Crippen molar-refractivity contribution in [3.05, 3.63) is 29.8 Å². The fourth-order valence-corrected chi connectivity index (χ4v) is 4.21. The van der Waals surface area contributed by atoms with E-state index in [1.165, 1.54) is 4.31 Å². The summed E-state index contributed by atoms with van der Waals surface area (Å²) < 4.78 is 26.4. The number of benzene rings is 1. The van der Waals surface area contributed by atoms with Crippen LogP contribution in [0.1, 0.15) is 18.4 Å². The minimum absolute atomic E-state index is 0.0790. The Balaban J connectivity index is 2.43. The van der Waals surface area contributed by atoms with Crippen LogP contribution < -0.4 is 5.73 Å². The average Bonchev–Trinajstić information content (AvgIpc) is 2.78. The molecule has 5 nitrogen and oxygen atoms in total. The van der Waals surface area contributed by atoms with Crippen molar-refractivity contribution < 1.29 is 8.42 Å². The lowest BCUT2D eigenvalue weighted by Crippen LogP contribution is -2.43. The number of nitrogens with two attached hydrogens (primary N) is 1. The Morgan fingerprint density at radius 3 is 2.72 bits per heavy atom. The first kappa shape index (κ1) is 13.0. The Bertz CT molecular complexity index is 568. The van der Waals surface area contributed by atoms with Crippen molar-refractivity contribution in [3.8, 4) is 0 Å². The molecule has 1 aromatic carbocycles. The second kappa shape index (κ2) is 4.70. The number of sulfonamides is 1.